The topological polar surface area (TPSA) is 32.3 Å². The van der Waals surface area contributed by atoms with Crippen LogP contribution < -0.4 is 4.90 Å². The van der Waals surface area contributed by atoms with Gasteiger partial charge in [0.2, 0.25) is 0 Å². The van der Waals surface area contributed by atoms with E-state index in [0.717, 1.165) is 48.8 Å². The number of aromatic nitrogens is 2. The molecular formula is C18H22N4S. The van der Waals surface area contributed by atoms with Crippen LogP contribution >= 0.6 is 11.8 Å². The van der Waals surface area contributed by atoms with Crippen LogP contribution in [-0.4, -0.2) is 47.1 Å². The Morgan fingerprint density at radius 1 is 1.00 bits per heavy atom. The average molecular weight is 326 g/mol. The summed E-state index contributed by atoms with van der Waals surface area (Å²) in [6, 6.07) is 11.4. The first-order valence-corrected chi connectivity index (χ1v) is 9.35. The molecule has 1 aromatic heterocycles. The van der Waals surface area contributed by atoms with Gasteiger partial charge in [0, 0.05) is 38.0 Å². The molecule has 0 bridgehead atoms. The molecule has 4 nitrogen and oxygen atoms in total. The second kappa shape index (κ2) is 6.89. The first kappa shape index (κ1) is 15.0. The zero-order valence-electron chi connectivity index (χ0n) is 13.3. The average Bonchev–Trinajstić information content (AvgIpc) is 3.47. The Morgan fingerprint density at radius 3 is 2.52 bits per heavy atom. The number of piperazine rings is 1. The molecule has 1 saturated carbocycles. The van der Waals surface area contributed by atoms with Crippen LogP contribution in [0, 0.1) is 0 Å². The van der Waals surface area contributed by atoms with Gasteiger partial charge in [0.1, 0.15) is 10.8 Å². The SMILES string of the molecule is c1ccc(CSc2cncc(N3CCN(C4CC4)CC3)n2)cc1. The summed E-state index contributed by atoms with van der Waals surface area (Å²) in [5.41, 5.74) is 1.32. The number of hydrogen-bond acceptors (Lipinski definition) is 5. The first-order valence-electron chi connectivity index (χ1n) is 8.36. The van der Waals surface area contributed by atoms with Crippen molar-refractivity contribution in [2.24, 2.45) is 0 Å². The van der Waals surface area contributed by atoms with E-state index in [4.69, 9.17) is 4.98 Å². The second-order valence-corrected chi connectivity index (χ2v) is 7.24. The summed E-state index contributed by atoms with van der Waals surface area (Å²) in [5, 5.41) is 1.01. The number of nitrogens with zero attached hydrogens (tertiary/aromatic N) is 4. The molecule has 120 valence electrons. The van der Waals surface area contributed by atoms with Crippen LogP contribution in [0.15, 0.2) is 47.8 Å². The summed E-state index contributed by atoms with van der Waals surface area (Å²) in [4.78, 5) is 14.2. The molecule has 0 atom stereocenters. The fourth-order valence-electron chi connectivity index (χ4n) is 3.05. The van der Waals surface area contributed by atoms with E-state index in [-0.39, 0.29) is 0 Å². The molecule has 1 aliphatic carbocycles. The van der Waals surface area contributed by atoms with Gasteiger partial charge in [0.15, 0.2) is 0 Å². The molecule has 1 aliphatic heterocycles. The Kier molecular flexibility index (Phi) is 4.48. The molecule has 4 rings (SSSR count). The Balaban J connectivity index is 1.36. The molecule has 1 aromatic carbocycles. The summed E-state index contributed by atoms with van der Waals surface area (Å²) in [6.07, 6.45) is 6.56. The molecular weight excluding hydrogens is 304 g/mol. The van der Waals surface area contributed by atoms with Crippen LogP contribution in [0.5, 0.6) is 0 Å². The Hall–Kier alpha value is -1.59. The summed E-state index contributed by atoms with van der Waals surface area (Å²) in [7, 11) is 0. The third kappa shape index (κ3) is 3.85. The van der Waals surface area contributed by atoms with Crippen molar-refractivity contribution in [2.45, 2.75) is 29.7 Å². The van der Waals surface area contributed by atoms with Crippen molar-refractivity contribution in [3.8, 4) is 0 Å². The molecule has 0 amide bonds. The fourth-order valence-corrected chi connectivity index (χ4v) is 3.85. The van der Waals surface area contributed by atoms with Crippen molar-refractivity contribution in [1.29, 1.82) is 0 Å². The van der Waals surface area contributed by atoms with E-state index in [0.29, 0.717) is 0 Å². The molecule has 23 heavy (non-hydrogen) atoms. The van der Waals surface area contributed by atoms with E-state index >= 15 is 0 Å². The van der Waals surface area contributed by atoms with Crippen LogP contribution in [0.25, 0.3) is 0 Å². The number of rotatable bonds is 5. The molecule has 2 heterocycles. The maximum absolute atomic E-state index is 4.80. The predicted octanol–water partition coefficient (Wildman–Crippen LogP) is 3.05. The van der Waals surface area contributed by atoms with Crippen LogP contribution in [0.1, 0.15) is 18.4 Å². The van der Waals surface area contributed by atoms with Crippen molar-refractivity contribution in [3.05, 3.63) is 48.3 Å². The van der Waals surface area contributed by atoms with Crippen molar-refractivity contribution in [1.82, 2.24) is 14.9 Å². The Bertz CT molecular complexity index is 636. The van der Waals surface area contributed by atoms with Crippen molar-refractivity contribution in [3.63, 3.8) is 0 Å². The van der Waals surface area contributed by atoms with Crippen LogP contribution in [0.2, 0.25) is 0 Å². The highest BCUT2D eigenvalue weighted by molar-refractivity contribution is 7.98. The molecule has 0 N–H and O–H groups in total. The number of benzene rings is 1. The highest BCUT2D eigenvalue weighted by atomic mass is 32.2. The van der Waals surface area contributed by atoms with Gasteiger partial charge >= 0.3 is 0 Å². The zero-order valence-corrected chi connectivity index (χ0v) is 14.1. The quantitative estimate of drug-likeness (QED) is 0.789. The molecule has 0 unspecified atom stereocenters. The predicted molar refractivity (Wildman–Crippen MR) is 94.8 cm³/mol. The maximum Gasteiger partial charge on any atom is 0.148 e. The second-order valence-electron chi connectivity index (χ2n) is 6.24. The zero-order chi connectivity index (χ0) is 15.5. The lowest BCUT2D eigenvalue weighted by Crippen LogP contribution is -2.47. The minimum atomic E-state index is 0.871. The summed E-state index contributed by atoms with van der Waals surface area (Å²) < 4.78 is 0. The lowest BCUT2D eigenvalue weighted by molar-refractivity contribution is 0.247. The third-order valence-corrected chi connectivity index (χ3v) is 5.50. The van der Waals surface area contributed by atoms with Crippen molar-refractivity contribution in [2.75, 3.05) is 31.1 Å². The van der Waals surface area contributed by atoms with Crippen LogP contribution in [-0.2, 0) is 5.75 Å². The van der Waals surface area contributed by atoms with Crippen molar-refractivity contribution < 1.29 is 0 Å². The fraction of sp³-hybridized carbons (Fsp3) is 0.444. The summed E-state index contributed by atoms with van der Waals surface area (Å²) in [6.45, 7) is 4.46. The molecule has 2 fully saturated rings. The number of anilines is 1. The first-order chi connectivity index (χ1) is 11.4. The summed E-state index contributed by atoms with van der Waals surface area (Å²) >= 11 is 1.76. The van der Waals surface area contributed by atoms with Gasteiger partial charge in [0.05, 0.1) is 12.4 Å². The van der Waals surface area contributed by atoms with Crippen molar-refractivity contribution >= 4 is 17.6 Å². The van der Waals surface area contributed by atoms with Gasteiger partial charge < -0.3 is 4.90 Å². The van der Waals surface area contributed by atoms with E-state index < -0.39 is 0 Å². The van der Waals surface area contributed by atoms with Gasteiger partial charge in [-0.1, -0.05) is 30.3 Å². The summed E-state index contributed by atoms with van der Waals surface area (Å²) in [5.74, 6) is 1.97. The van der Waals surface area contributed by atoms with Gasteiger partial charge in [-0.2, -0.15) is 0 Å². The van der Waals surface area contributed by atoms with Gasteiger partial charge in [-0.05, 0) is 18.4 Å². The highest BCUT2D eigenvalue weighted by Crippen LogP contribution is 2.28. The number of hydrogen-bond donors (Lipinski definition) is 0. The Morgan fingerprint density at radius 2 is 1.78 bits per heavy atom. The monoisotopic (exact) mass is 326 g/mol. The van der Waals surface area contributed by atoms with E-state index in [1.165, 1.54) is 18.4 Å². The van der Waals surface area contributed by atoms with E-state index in [1.54, 1.807) is 11.8 Å². The Labute approximate surface area is 141 Å². The third-order valence-electron chi connectivity index (χ3n) is 4.53. The normalized spacial score (nSPS) is 19.0. The minimum absolute atomic E-state index is 0.871. The van der Waals surface area contributed by atoms with E-state index in [1.807, 2.05) is 12.4 Å². The maximum atomic E-state index is 4.80. The lowest BCUT2D eigenvalue weighted by atomic mass is 10.2. The van der Waals surface area contributed by atoms with Gasteiger partial charge in [-0.3, -0.25) is 9.88 Å². The largest absolute Gasteiger partial charge is 0.353 e. The van der Waals surface area contributed by atoms with E-state index in [2.05, 4.69) is 45.1 Å². The van der Waals surface area contributed by atoms with Gasteiger partial charge in [0.25, 0.3) is 0 Å². The standard InChI is InChI=1S/C18H22N4S/c1-2-4-15(5-3-1)14-23-18-13-19-12-17(20-18)22-10-8-21(9-11-22)16-6-7-16/h1-5,12-13,16H,6-11,14H2. The molecule has 0 radical (unpaired) electrons. The van der Waals surface area contributed by atoms with Crippen LogP contribution in [0.3, 0.4) is 0 Å². The van der Waals surface area contributed by atoms with E-state index in [9.17, 15) is 0 Å². The molecule has 1 saturated heterocycles. The van der Waals surface area contributed by atoms with Gasteiger partial charge in [-0.15, -0.1) is 11.8 Å². The highest BCUT2D eigenvalue weighted by Gasteiger charge is 2.31. The molecule has 0 spiro atoms. The molecule has 5 heteroatoms. The number of thioether (sulfide) groups is 1. The van der Waals surface area contributed by atoms with Gasteiger partial charge in [-0.25, -0.2) is 4.98 Å². The molecule has 2 aliphatic rings. The molecule has 2 aromatic rings. The smallest absolute Gasteiger partial charge is 0.148 e. The van der Waals surface area contributed by atoms with Crippen LogP contribution in [0.4, 0.5) is 5.82 Å². The minimum Gasteiger partial charge on any atom is -0.353 e. The lowest BCUT2D eigenvalue weighted by Gasteiger charge is -2.35.